The summed E-state index contributed by atoms with van der Waals surface area (Å²) in [5.41, 5.74) is 2.04. The minimum absolute atomic E-state index is 0.594. The molecule has 0 amide bonds. The van der Waals surface area contributed by atoms with Crippen molar-refractivity contribution < 1.29 is 4.74 Å². The standard InChI is InChI=1S/C17H17BrN4OS/c1-23-15-8-4-13(5-9-15)19-11-10-16-20-21-17(24)22(16)14-6-2-12(18)3-7-14/h2-9,19H,10-11H2,1H3,(H,21,24). The normalized spacial score (nSPS) is 10.6. The van der Waals surface area contributed by atoms with Crippen LogP contribution in [0.15, 0.2) is 53.0 Å². The monoisotopic (exact) mass is 404 g/mol. The van der Waals surface area contributed by atoms with Gasteiger partial charge in [-0.3, -0.25) is 9.67 Å². The molecule has 1 aromatic heterocycles. The Labute approximate surface area is 153 Å². The summed E-state index contributed by atoms with van der Waals surface area (Å²) in [7, 11) is 1.66. The molecule has 124 valence electrons. The first-order valence-electron chi connectivity index (χ1n) is 7.47. The molecule has 0 bridgehead atoms. The van der Waals surface area contributed by atoms with Gasteiger partial charge >= 0.3 is 0 Å². The Morgan fingerprint density at radius 3 is 2.54 bits per heavy atom. The molecular formula is C17H17BrN4OS. The second-order valence-electron chi connectivity index (χ2n) is 5.16. The Morgan fingerprint density at radius 2 is 1.88 bits per heavy atom. The number of nitrogens with zero attached hydrogens (tertiary/aromatic N) is 2. The number of hydrogen-bond acceptors (Lipinski definition) is 4. The average Bonchev–Trinajstić information content (AvgIpc) is 2.97. The SMILES string of the molecule is COc1ccc(NCCc2n[nH]c(=S)n2-c2ccc(Br)cc2)cc1. The van der Waals surface area contributed by atoms with E-state index in [0.29, 0.717) is 4.77 Å². The van der Waals surface area contributed by atoms with Crippen LogP contribution in [-0.2, 0) is 6.42 Å². The van der Waals surface area contributed by atoms with E-state index in [4.69, 9.17) is 17.0 Å². The van der Waals surface area contributed by atoms with Crippen molar-refractivity contribution in [2.45, 2.75) is 6.42 Å². The lowest BCUT2D eigenvalue weighted by atomic mass is 10.3. The van der Waals surface area contributed by atoms with Gasteiger partial charge in [0.25, 0.3) is 0 Å². The third-order valence-corrected chi connectivity index (χ3v) is 4.40. The molecule has 7 heteroatoms. The van der Waals surface area contributed by atoms with Crippen molar-refractivity contribution >= 4 is 33.8 Å². The quantitative estimate of drug-likeness (QED) is 0.599. The minimum Gasteiger partial charge on any atom is -0.497 e. The highest BCUT2D eigenvalue weighted by atomic mass is 79.9. The van der Waals surface area contributed by atoms with E-state index in [1.807, 2.05) is 53.1 Å². The minimum atomic E-state index is 0.594. The maximum atomic E-state index is 5.36. The zero-order valence-electron chi connectivity index (χ0n) is 13.1. The van der Waals surface area contributed by atoms with Gasteiger partial charge in [0.15, 0.2) is 4.77 Å². The topological polar surface area (TPSA) is 54.9 Å². The number of H-pyrrole nitrogens is 1. The molecule has 0 atom stereocenters. The van der Waals surface area contributed by atoms with Crippen molar-refractivity contribution in [1.82, 2.24) is 14.8 Å². The second kappa shape index (κ2) is 7.63. The van der Waals surface area contributed by atoms with Crippen molar-refractivity contribution in [2.24, 2.45) is 0 Å². The number of hydrogen-bond donors (Lipinski definition) is 2. The van der Waals surface area contributed by atoms with Gasteiger partial charge in [0.1, 0.15) is 11.6 Å². The highest BCUT2D eigenvalue weighted by Gasteiger charge is 2.08. The fourth-order valence-corrected chi connectivity index (χ4v) is 2.90. The fourth-order valence-electron chi connectivity index (χ4n) is 2.38. The van der Waals surface area contributed by atoms with E-state index in [-0.39, 0.29) is 0 Å². The van der Waals surface area contributed by atoms with Crippen molar-refractivity contribution in [2.75, 3.05) is 19.0 Å². The number of rotatable bonds is 6. The van der Waals surface area contributed by atoms with Gasteiger partial charge in [0.2, 0.25) is 0 Å². The average molecular weight is 405 g/mol. The maximum absolute atomic E-state index is 5.36. The molecule has 0 fully saturated rings. The lowest BCUT2D eigenvalue weighted by molar-refractivity contribution is 0.415. The number of halogens is 1. The number of aromatic amines is 1. The predicted molar refractivity (Wildman–Crippen MR) is 102 cm³/mol. The van der Waals surface area contributed by atoms with E-state index < -0.39 is 0 Å². The van der Waals surface area contributed by atoms with Gasteiger partial charge in [-0.25, -0.2) is 0 Å². The molecule has 0 radical (unpaired) electrons. The highest BCUT2D eigenvalue weighted by Crippen LogP contribution is 2.17. The van der Waals surface area contributed by atoms with E-state index in [0.717, 1.165) is 40.4 Å². The summed E-state index contributed by atoms with van der Waals surface area (Å²) in [6.07, 6.45) is 0.745. The molecule has 0 aliphatic rings. The Morgan fingerprint density at radius 1 is 1.17 bits per heavy atom. The Kier molecular flexibility index (Phi) is 5.32. The summed E-state index contributed by atoms with van der Waals surface area (Å²) in [5, 5.41) is 10.6. The number of aromatic nitrogens is 3. The maximum Gasteiger partial charge on any atom is 0.199 e. The second-order valence-corrected chi connectivity index (χ2v) is 6.46. The van der Waals surface area contributed by atoms with Crippen LogP contribution in [-0.4, -0.2) is 28.4 Å². The summed E-state index contributed by atoms with van der Waals surface area (Å²) >= 11 is 8.80. The van der Waals surface area contributed by atoms with E-state index in [1.165, 1.54) is 0 Å². The molecular weight excluding hydrogens is 388 g/mol. The van der Waals surface area contributed by atoms with Crippen molar-refractivity contribution in [3.05, 3.63) is 63.6 Å². The number of methoxy groups -OCH3 is 1. The summed E-state index contributed by atoms with van der Waals surface area (Å²) in [6.45, 7) is 0.752. The van der Waals surface area contributed by atoms with Crippen LogP contribution >= 0.6 is 28.1 Å². The van der Waals surface area contributed by atoms with Crippen LogP contribution in [0.4, 0.5) is 5.69 Å². The smallest absolute Gasteiger partial charge is 0.199 e. The largest absolute Gasteiger partial charge is 0.497 e. The number of ether oxygens (including phenoxy) is 1. The molecule has 0 spiro atoms. The molecule has 1 heterocycles. The molecule has 5 nitrogen and oxygen atoms in total. The van der Waals surface area contributed by atoms with Gasteiger partial charge in [0, 0.05) is 28.8 Å². The first kappa shape index (κ1) is 16.7. The van der Waals surface area contributed by atoms with Gasteiger partial charge in [-0.15, -0.1) is 0 Å². The lowest BCUT2D eigenvalue weighted by Crippen LogP contribution is -2.09. The third-order valence-electron chi connectivity index (χ3n) is 3.59. The van der Waals surface area contributed by atoms with E-state index in [9.17, 15) is 0 Å². The van der Waals surface area contributed by atoms with E-state index >= 15 is 0 Å². The summed E-state index contributed by atoms with van der Waals surface area (Å²) in [4.78, 5) is 0. The first-order chi connectivity index (χ1) is 11.7. The molecule has 2 aromatic carbocycles. The molecule has 3 rings (SSSR count). The molecule has 0 aliphatic carbocycles. The summed E-state index contributed by atoms with van der Waals surface area (Å²) in [6, 6.07) is 15.8. The van der Waals surface area contributed by atoms with Crippen molar-refractivity contribution in [3.8, 4) is 11.4 Å². The van der Waals surface area contributed by atoms with Crippen molar-refractivity contribution in [1.29, 1.82) is 0 Å². The molecule has 0 saturated heterocycles. The van der Waals surface area contributed by atoms with Crippen LogP contribution in [0.2, 0.25) is 0 Å². The molecule has 0 unspecified atom stereocenters. The van der Waals surface area contributed by atoms with Gasteiger partial charge in [-0.05, 0) is 60.7 Å². The van der Waals surface area contributed by atoms with Crippen molar-refractivity contribution in [3.63, 3.8) is 0 Å². The van der Waals surface area contributed by atoms with E-state index in [2.05, 4.69) is 31.4 Å². The highest BCUT2D eigenvalue weighted by molar-refractivity contribution is 9.10. The van der Waals surface area contributed by atoms with Gasteiger partial charge in [0.05, 0.1) is 7.11 Å². The Hall–Kier alpha value is -2.12. The number of nitrogens with one attached hydrogen (secondary N) is 2. The van der Waals surface area contributed by atoms with Crippen LogP contribution in [0.5, 0.6) is 5.75 Å². The molecule has 3 aromatic rings. The van der Waals surface area contributed by atoms with Gasteiger partial charge < -0.3 is 10.1 Å². The first-order valence-corrected chi connectivity index (χ1v) is 8.67. The Bertz CT molecular complexity index is 856. The lowest BCUT2D eigenvalue weighted by Gasteiger charge is -2.09. The fraction of sp³-hybridized carbons (Fsp3) is 0.176. The van der Waals surface area contributed by atoms with Crippen LogP contribution in [0, 0.1) is 4.77 Å². The van der Waals surface area contributed by atoms with Crippen LogP contribution in [0.25, 0.3) is 5.69 Å². The third kappa shape index (κ3) is 3.85. The van der Waals surface area contributed by atoms with Crippen LogP contribution < -0.4 is 10.1 Å². The number of anilines is 1. The zero-order chi connectivity index (χ0) is 16.9. The Balaban J connectivity index is 1.69. The molecule has 0 saturated carbocycles. The summed E-state index contributed by atoms with van der Waals surface area (Å²) < 4.78 is 8.74. The van der Waals surface area contributed by atoms with Gasteiger partial charge in [-0.2, -0.15) is 5.10 Å². The predicted octanol–water partition coefficient (Wildman–Crippen LogP) is 4.36. The van der Waals surface area contributed by atoms with Gasteiger partial charge in [-0.1, -0.05) is 15.9 Å². The summed E-state index contributed by atoms with van der Waals surface area (Å²) in [5.74, 6) is 1.74. The molecule has 0 aliphatic heterocycles. The zero-order valence-corrected chi connectivity index (χ0v) is 15.5. The molecule has 24 heavy (non-hydrogen) atoms. The van der Waals surface area contributed by atoms with E-state index in [1.54, 1.807) is 7.11 Å². The number of benzene rings is 2. The van der Waals surface area contributed by atoms with Crippen LogP contribution in [0.3, 0.4) is 0 Å². The molecule has 2 N–H and O–H groups in total. The van der Waals surface area contributed by atoms with Crippen LogP contribution in [0.1, 0.15) is 5.82 Å².